The van der Waals surface area contributed by atoms with E-state index in [1.807, 2.05) is 18.2 Å². The van der Waals surface area contributed by atoms with Crippen LogP contribution in [0.2, 0.25) is 0 Å². The Hall–Kier alpha value is -2.67. The molecule has 1 aliphatic rings. The molecule has 1 unspecified atom stereocenters. The molecule has 0 spiro atoms. The Kier molecular flexibility index (Phi) is 6.81. The maximum atomic E-state index is 12.6. The van der Waals surface area contributed by atoms with E-state index in [1.165, 1.54) is 6.07 Å². The van der Waals surface area contributed by atoms with E-state index in [9.17, 15) is 13.6 Å². The lowest BCUT2D eigenvalue weighted by molar-refractivity contribution is -0.0493. The second-order valence-corrected chi connectivity index (χ2v) is 6.83. The number of para-hydroxylation sites is 1. The molecule has 2 amide bonds. The Morgan fingerprint density at radius 3 is 2.50 bits per heavy atom. The minimum absolute atomic E-state index is 0.0516. The van der Waals surface area contributed by atoms with Gasteiger partial charge in [0.2, 0.25) is 0 Å². The molecule has 0 saturated carbocycles. The third-order valence-electron chi connectivity index (χ3n) is 4.91. The minimum atomic E-state index is -2.96. The molecule has 1 atom stereocenters. The second-order valence-electron chi connectivity index (χ2n) is 6.83. The maximum absolute atomic E-state index is 12.6. The SMILES string of the molecule is Cc1cccc(OC(F)F)c1NC(=O)NCC(c1ccccc1)N1CCCC1. The monoisotopic (exact) mass is 389 g/mol. The van der Waals surface area contributed by atoms with Crippen molar-refractivity contribution in [3.05, 3.63) is 59.7 Å². The summed E-state index contributed by atoms with van der Waals surface area (Å²) < 4.78 is 29.8. The Bertz CT molecular complexity index is 780. The third kappa shape index (κ3) is 5.19. The van der Waals surface area contributed by atoms with Gasteiger partial charge in [0.15, 0.2) is 0 Å². The van der Waals surface area contributed by atoms with Gasteiger partial charge in [-0.1, -0.05) is 42.5 Å². The van der Waals surface area contributed by atoms with Gasteiger partial charge in [-0.15, -0.1) is 0 Å². The summed E-state index contributed by atoms with van der Waals surface area (Å²) in [5.74, 6) is -0.0516. The predicted molar refractivity (Wildman–Crippen MR) is 105 cm³/mol. The molecule has 2 aromatic carbocycles. The van der Waals surface area contributed by atoms with Crippen molar-refractivity contribution in [2.75, 3.05) is 25.0 Å². The molecule has 1 saturated heterocycles. The van der Waals surface area contributed by atoms with E-state index < -0.39 is 12.6 Å². The van der Waals surface area contributed by atoms with Crippen molar-refractivity contribution in [2.45, 2.75) is 32.4 Å². The molecule has 1 aliphatic heterocycles. The van der Waals surface area contributed by atoms with Crippen LogP contribution < -0.4 is 15.4 Å². The Morgan fingerprint density at radius 2 is 1.82 bits per heavy atom. The van der Waals surface area contributed by atoms with Crippen molar-refractivity contribution in [1.82, 2.24) is 10.2 Å². The zero-order valence-electron chi connectivity index (χ0n) is 15.8. The summed E-state index contributed by atoms with van der Waals surface area (Å²) in [6.07, 6.45) is 2.29. The molecule has 7 heteroatoms. The Morgan fingerprint density at radius 1 is 1.11 bits per heavy atom. The maximum Gasteiger partial charge on any atom is 0.387 e. The summed E-state index contributed by atoms with van der Waals surface area (Å²) in [5, 5.41) is 5.53. The molecule has 0 radical (unpaired) electrons. The van der Waals surface area contributed by atoms with E-state index >= 15 is 0 Å². The van der Waals surface area contributed by atoms with E-state index in [0.29, 0.717) is 12.1 Å². The average molecular weight is 389 g/mol. The largest absolute Gasteiger partial charge is 0.433 e. The number of ether oxygens (including phenoxy) is 1. The molecule has 1 fully saturated rings. The molecular formula is C21H25F2N3O2. The van der Waals surface area contributed by atoms with Crippen LogP contribution >= 0.6 is 0 Å². The van der Waals surface area contributed by atoms with Gasteiger partial charge in [-0.3, -0.25) is 4.90 Å². The number of nitrogens with one attached hydrogen (secondary N) is 2. The van der Waals surface area contributed by atoms with Gasteiger partial charge in [0.1, 0.15) is 5.75 Å². The molecule has 28 heavy (non-hydrogen) atoms. The van der Waals surface area contributed by atoms with Crippen LogP contribution in [0, 0.1) is 6.92 Å². The number of likely N-dealkylation sites (tertiary alicyclic amines) is 1. The molecule has 3 rings (SSSR count). The molecule has 0 bridgehead atoms. The summed E-state index contributed by atoms with van der Waals surface area (Å²) in [6, 6.07) is 14.4. The molecule has 5 nitrogen and oxygen atoms in total. The number of alkyl halides is 2. The van der Waals surface area contributed by atoms with Gasteiger partial charge in [-0.25, -0.2) is 4.79 Å². The number of anilines is 1. The van der Waals surface area contributed by atoms with Gasteiger partial charge in [0.05, 0.1) is 11.7 Å². The number of hydrogen-bond acceptors (Lipinski definition) is 3. The molecule has 2 aromatic rings. The van der Waals surface area contributed by atoms with Crippen molar-refractivity contribution in [2.24, 2.45) is 0 Å². The van der Waals surface area contributed by atoms with Gasteiger partial charge in [0.25, 0.3) is 0 Å². The fraction of sp³-hybridized carbons (Fsp3) is 0.381. The van der Waals surface area contributed by atoms with Gasteiger partial charge < -0.3 is 15.4 Å². The van der Waals surface area contributed by atoms with Crippen LogP contribution in [0.1, 0.15) is 30.0 Å². The number of nitrogens with zero attached hydrogens (tertiary/aromatic N) is 1. The highest BCUT2D eigenvalue weighted by molar-refractivity contribution is 5.92. The van der Waals surface area contributed by atoms with Crippen LogP contribution in [0.4, 0.5) is 19.3 Å². The van der Waals surface area contributed by atoms with Gasteiger partial charge in [-0.05, 0) is 50.0 Å². The minimum Gasteiger partial charge on any atom is -0.433 e. The van der Waals surface area contributed by atoms with Gasteiger partial charge in [-0.2, -0.15) is 8.78 Å². The van der Waals surface area contributed by atoms with Crippen LogP contribution in [-0.4, -0.2) is 37.2 Å². The van der Waals surface area contributed by atoms with E-state index in [0.717, 1.165) is 31.5 Å². The van der Waals surface area contributed by atoms with Crippen molar-refractivity contribution in [3.8, 4) is 5.75 Å². The molecule has 0 aliphatic carbocycles. The molecule has 2 N–H and O–H groups in total. The number of carbonyl (C=O) groups excluding carboxylic acids is 1. The van der Waals surface area contributed by atoms with Crippen molar-refractivity contribution < 1.29 is 18.3 Å². The summed E-state index contributed by atoms with van der Waals surface area (Å²) in [4.78, 5) is 14.8. The van der Waals surface area contributed by atoms with Gasteiger partial charge >= 0.3 is 12.6 Å². The first-order valence-corrected chi connectivity index (χ1v) is 9.43. The normalized spacial score (nSPS) is 15.4. The van der Waals surface area contributed by atoms with Crippen LogP contribution in [0.25, 0.3) is 0 Å². The number of benzene rings is 2. The zero-order valence-corrected chi connectivity index (χ0v) is 15.8. The van der Waals surface area contributed by atoms with E-state index in [4.69, 9.17) is 0 Å². The number of amides is 2. The number of halogens is 2. The molecule has 150 valence electrons. The standard InChI is InChI=1S/C21H25F2N3O2/c1-15-8-7-11-18(28-20(22)23)19(15)25-21(27)24-14-17(26-12-5-6-13-26)16-9-3-2-4-10-16/h2-4,7-11,17,20H,5-6,12-14H2,1H3,(H2,24,25,27). The van der Waals surface area contributed by atoms with E-state index in [2.05, 4.69) is 32.4 Å². The summed E-state index contributed by atoms with van der Waals surface area (Å²) in [5.41, 5.74) is 2.03. The average Bonchev–Trinajstić information content (AvgIpc) is 3.20. The first-order chi connectivity index (χ1) is 13.5. The highest BCUT2D eigenvalue weighted by atomic mass is 19.3. The smallest absolute Gasteiger partial charge is 0.387 e. The molecular weight excluding hydrogens is 364 g/mol. The van der Waals surface area contributed by atoms with Crippen LogP contribution in [0.15, 0.2) is 48.5 Å². The molecule has 1 heterocycles. The van der Waals surface area contributed by atoms with Crippen LogP contribution in [0.5, 0.6) is 5.75 Å². The van der Waals surface area contributed by atoms with Crippen LogP contribution in [0.3, 0.4) is 0 Å². The van der Waals surface area contributed by atoms with Crippen molar-refractivity contribution in [1.29, 1.82) is 0 Å². The lowest BCUT2D eigenvalue weighted by atomic mass is 10.1. The fourth-order valence-electron chi connectivity index (χ4n) is 3.53. The summed E-state index contributed by atoms with van der Waals surface area (Å²) in [6.45, 7) is 1.18. The highest BCUT2D eigenvalue weighted by Gasteiger charge is 2.24. The molecule has 0 aromatic heterocycles. The first kappa shape index (κ1) is 20.1. The fourth-order valence-corrected chi connectivity index (χ4v) is 3.53. The predicted octanol–water partition coefficient (Wildman–Crippen LogP) is 4.56. The first-order valence-electron chi connectivity index (χ1n) is 9.43. The number of carbonyl (C=O) groups is 1. The van der Waals surface area contributed by atoms with Crippen molar-refractivity contribution >= 4 is 11.7 Å². The van der Waals surface area contributed by atoms with E-state index in [-0.39, 0.29) is 17.5 Å². The Labute approximate surface area is 163 Å². The van der Waals surface area contributed by atoms with Gasteiger partial charge in [0, 0.05) is 6.54 Å². The van der Waals surface area contributed by atoms with E-state index in [1.54, 1.807) is 19.1 Å². The lowest BCUT2D eigenvalue weighted by Crippen LogP contribution is -2.38. The number of urea groups is 1. The zero-order chi connectivity index (χ0) is 19.9. The second kappa shape index (κ2) is 9.50. The van der Waals surface area contributed by atoms with Crippen LogP contribution in [-0.2, 0) is 0 Å². The topological polar surface area (TPSA) is 53.6 Å². The Balaban J connectivity index is 1.67. The summed E-state index contributed by atoms with van der Waals surface area (Å²) >= 11 is 0. The number of hydrogen-bond donors (Lipinski definition) is 2. The highest BCUT2D eigenvalue weighted by Crippen LogP contribution is 2.29. The summed E-state index contributed by atoms with van der Waals surface area (Å²) in [7, 11) is 0. The van der Waals surface area contributed by atoms with Crippen molar-refractivity contribution in [3.63, 3.8) is 0 Å². The quantitative estimate of drug-likeness (QED) is 0.730. The number of rotatable bonds is 7. The number of aryl methyl sites for hydroxylation is 1. The lowest BCUT2D eigenvalue weighted by Gasteiger charge is -2.28. The third-order valence-corrected chi connectivity index (χ3v) is 4.91.